The van der Waals surface area contributed by atoms with E-state index in [9.17, 15) is 9.59 Å². The molecule has 27 heavy (non-hydrogen) atoms. The number of amides is 2. The van der Waals surface area contributed by atoms with Crippen molar-refractivity contribution in [1.29, 1.82) is 0 Å². The van der Waals surface area contributed by atoms with Crippen molar-refractivity contribution in [2.75, 3.05) is 12.1 Å². The van der Waals surface area contributed by atoms with Crippen molar-refractivity contribution in [3.05, 3.63) is 64.1 Å². The minimum Gasteiger partial charge on any atom is -0.283 e. The third-order valence-electron chi connectivity index (χ3n) is 5.75. The topological polar surface area (TPSA) is 49.9 Å². The van der Waals surface area contributed by atoms with Gasteiger partial charge in [-0.05, 0) is 29.3 Å². The molecule has 5 atom stereocenters. The molecular weight excluding hydrogens is 476 g/mol. The van der Waals surface area contributed by atoms with Gasteiger partial charge in [-0.1, -0.05) is 62.2 Å². The summed E-state index contributed by atoms with van der Waals surface area (Å²) in [5.41, 5.74) is 3.17. The summed E-state index contributed by atoms with van der Waals surface area (Å²) in [6, 6.07) is 16.0. The first-order chi connectivity index (χ1) is 13.0. The van der Waals surface area contributed by atoms with E-state index in [2.05, 4.69) is 50.1 Å². The van der Waals surface area contributed by atoms with Crippen molar-refractivity contribution < 1.29 is 14.4 Å². The van der Waals surface area contributed by atoms with Crippen LogP contribution in [0.15, 0.2) is 53.0 Å². The first kappa shape index (κ1) is 17.4. The normalized spacial score (nSPS) is 31.7. The van der Waals surface area contributed by atoms with Gasteiger partial charge in [0.15, 0.2) is 6.10 Å². The van der Waals surface area contributed by atoms with Gasteiger partial charge in [0.05, 0.1) is 11.7 Å². The molecule has 5 nitrogen and oxygen atoms in total. The zero-order valence-corrected chi connectivity index (χ0v) is 17.6. The minimum absolute atomic E-state index is 0.0381. The van der Waals surface area contributed by atoms with Crippen LogP contribution in [0.2, 0.25) is 0 Å². The summed E-state index contributed by atoms with van der Waals surface area (Å²) in [5.74, 6) is -0.908. The third-order valence-corrected chi connectivity index (χ3v) is 7.31. The summed E-state index contributed by atoms with van der Waals surface area (Å²) in [6.07, 6.45) is -0.751. The number of alkyl halides is 1. The molecule has 138 valence electrons. The molecule has 0 bridgehead atoms. The molecule has 3 aliphatic heterocycles. The highest BCUT2D eigenvalue weighted by atomic mass is 79.9. The highest BCUT2D eigenvalue weighted by Crippen LogP contribution is 2.52. The molecule has 2 amide bonds. The highest BCUT2D eigenvalue weighted by molar-refractivity contribution is 9.10. The molecule has 0 unspecified atom stereocenters. The predicted molar refractivity (Wildman–Crippen MR) is 108 cm³/mol. The Labute approximate surface area is 173 Å². The van der Waals surface area contributed by atoms with Crippen LogP contribution in [0.25, 0.3) is 0 Å². The number of nitrogens with zero attached hydrogens (tertiary/aromatic N) is 2. The monoisotopic (exact) mass is 490 g/mol. The molecule has 2 fully saturated rings. The summed E-state index contributed by atoms with van der Waals surface area (Å²) in [4.78, 5) is 32.4. The molecule has 2 aromatic carbocycles. The number of imide groups is 1. The van der Waals surface area contributed by atoms with Gasteiger partial charge in [0.2, 0.25) is 5.91 Å². The number of likely N-dealkylation sites (tertiary alicyclic amines) is 1. The molecule has 0 spiro atoms. The zero-order valence-electron chi connectivity index (χ0n) is 14.4. The van der Waals surface area contributed by atoms with E-state index in [0.29, 0.717) is 0 Å². The Kier molecular flexibility index (Phi) is 3.97. The molecule has 3 heterocycles. The number of hydrogen-bond acceptors (Lipinski definition) is 4. The van der Waals surface area contributed by atoms with Crippen molar-refractivity contribution >= 4 is 49.4 Å². The van der Waals surface area contributed by atoms with Crippen molar-refractivity contribution in [2.45, 2.75) is 22.9 Å². The Hall–Kier alpha value is -1.70. The Morgan fingerprint density at radius 2 is 1.78 bits per heavy atom. The number of carbonyl (C=O) groups excluding carboxylic acids is 2. The van der Waals surface area contributed by atoms with Crippen LogP contribution < -0.4 is 5.06 Å². The number of anilines is 1. The fourth-order valence-electron chi connectivity index (χ4n) is 4.49. The van der Waals surface area contributed by atoms with E-state index in [1.807, 2.05) is 30.3 Å². The zero-order chi connectivity index (χ0) is 18.9. The van der Waals surface area contributed by atoms with E-state index in [1.54, 1.807) is 5.06 Å². The summed E-state index contributed by atoms with van der Waals surface area (Å²) < 4.78 is 0.978. The lowest BCUT2D eigenvalue weighted by molar-refractivity contribution is -0.141. The highest BCUT2D eigenvalue weighted by Gasteiger charge is 2.62. The van der Waals surface area contributed by atoms with Crippen LogP contribution in [0.5, 0.6) is 0 Å². The van der Waals surface area contributed by atoms with E-state index in [0.717, 1.165) is 21.3 Å². The summed E-state index contributed by atoms with van der Waals surface area (Å²) in [7, 11) is 1.53. The maximum atomic E-state index is 12.8. The Morgan fingerprint density at radius 3 is 2.52 bits per heavy atom. The number of likely N-dealkylation sites (N-methyl/N-ethyl adjacent to an activating group) is 1. The lowest BCUT2D eigenvalue weighted by Crippen LogP contribution is -2.49. The van der Waals surface area contributed by atoms with Crippen molar-refractivity contribution in [3.63, 3.8) is 0 Å². The summed E-state index contributed by atoms with van der Waals surface area (Å²) in [6.45, 7) is 0. The average molecular weight is 492 g/mol. The van der Waals surface area contributed by atoms with Crippen molar-refractivity contribution in [3.8, 4) is 0 Å². The van der Waals surface area contributed by atoms with Gasteiger partial charge in [-0.2, -0.15) is 0 Å². The first-order valence-corrected chi connectivity index (χ1v) is 10.5. The quantitative estimate of drug-likeness (QED) is 0.452. The van der Waals surface area contributed by atoms with Gasteiger partial charge in [-0.15, -0.1) is 0 Å². The first-order valence-electron chi connectivity index (χ1n) is 8.75. The maximum absolute atomic E-state index is 12.8. The molecule has 0 radical (unpaired) electrons. The van der Waals surface area contributed by atoms with Gasteiger partial charge in [-0.3, -0.25) is 19.3 Å². The Morgan fingerprint density at radius 1 is 1.04 bits per heavy atom. The van der Waals surface area contributed by atoms with Crippen LogP contribution >= 0.6 is 31.9 Å². The number of benzene rings is 2. The molecule has 7 heteroatoms. The van der Waals surface area contributed by atoms with E-state index < -0.39 is 12.0 Å². The molecular formula is C20H16Br2N2O3. The molecule has 0 aromatic heterocycles. The second kappa shape index (κ2) is 6.15. The van der Waals surface area contributed by atoms with Crippen LogP contribution in [0, 0.1) is 5.92 Å². The molecule has 0 saturated carbocycles. The molecule has 0 N–H and O–H groups in total. The second-order valence-corrected chi connectivity index (χ2v) is 9.11. The number of rotatable bonds is 1. The fourth-order valence-corrected chi connectivity index (χ4v) is 6.01. The number of hydrogen-bond donors (Lipinski definition) is 0. The molecule has 2 saturated heterocycles. The summed E-state index contributed by atoms with van der Waals surface area (Å²) in [5, 5.41) is 1.78. The van der Waals surface area contributed by atoms with E-state index in [1.165, 1.54) is 11.9 Å². The number of hydroxylamine groups is 1. The SMILES string of the molecule is CN1C(=O)[C@@H]2[C@H]3[C@H](Br)[C@@H](c4ccccc4)c4cc(Br)ccc4N3O[C@@H]2C1=O. The van der Waals surface area contributed by atoms with Gasteiger partial charge in [-0.25, -0.2) is 5.06 Å². The van der Waals surface area contributed by atoms with E-state index in [4.69, 9.17) is 4.84 Å². The van der Waals surface area contributed by atoms with E-state index in [-0.39, 0.29) is 28.6 Å². The van der Waals surface area contributed by atoms with Crippen LogP contribution in [-0.2, 0) is 14.4 Å². The molecule has 5 rings (SSSR count). The average Bonchev–Trinajstić information content (AvgIpc) is 3.16. The van der Waals surface area contributed by atoms with Crippen LogP contribution in [0.1, 0.15) is 17.0 Å². The fraction of sp³-hybridized carbons (Fsp3) is 0.300. The van der Waals surface area contributed by atoms with Crippen LogP contribution in [-0.4, -0.2) is 40.7 Å². The minimum atomic E-state index is -0.751. The number of carbonyl (C=O) groups is 2. The largest absolute Gasteiger partial charge is 0.283 e. The molecule has 3 aliphatic rings. The summed E-state index contributed by atoms with van der Waals surface area (Å²) >= 11 is 7.45. The van der Waals surface area contributed by atoms with Crippen LogP contribution in [0.4, 0.5) is 5.69 Å². The number of fused-ring (bicyclic) bond motifs is 5. The Balaban J connectivity index is 1.69. The van der Waals surface area contributed by atoms with Gasteiger partial charge in [0.1, 0.15) is 5.92 Å². The second-order valence-electron chi connectivity index (χ2n) is 7.14. The molecule has 0 aliphatic carbocycles. The van der Waals surface area contributed by atoms with Crippen molar-refractivity contribution in [2.24, 2.45) is 5.92 Å². The van der Waals surface area contributed by atoms with Gasteiger partial charge < -0.3 is 0 Å². The maximum Gasteiger partial charge on any atom is 0.261 e. The predicted octanol–water partition coefficient (Wildman–Crippen LogP) is 3.46. The van der Waals surface area contributed by atoms with Crippen LogP contribution in [0.3, 0.4) is 0 Å². The van der Waals surface area contributed by atoms with Gasteiger partial charge >= 0.3 is 0 Å². The lowest BCUT2D eigenvalue weighted by atomic mass is 9.78. The molecule has 2 aromatic rings. The van der Waals surface area contributed by atoms with Gasteiger partial charge in [0.25, 0.3) is 5.91 Å². The number of halogens is 2. The van der Waals surface area contributed by atoms with Crippen molar-refractivity contribution in [1.82, 2.24) is 4.90 Å². The van der Waals surface area contributed by atoms with E-state index >= 15 is 0 Å². The standard InChI is InChI=1S/C20H16Br2N2O3/c1-23-19(25)15-17-16(22)14(10-5-3-2-4-6-10)12-9-11(21)7-8-13(12)24(17)27-18(15)20(23)26/h2-9,14-18H,1H3/t14-,15+,16+,17-,18-/m0/s1. The smallest absolute Gasteiger partial charge is 0.261 e. The van der Waals surface area contributed by atoms with Gasteiger partial charge in [0, 0.05) is 22.3 Å². The lowest BCUT2D eigenvalue weighted by Gasteiger charge is -2.42. The third kappa shape index (κ3) is 2.38. The Bertz CT molecular complexity index is 951.